The molecule has 0 aliphatic carbocycles. The lowest BCUT2D eigenvalue weighted by Gasteiger charge is -2.34. The van der Waals surface area contributed by atoms with Crippen molar-refractivity contribution in [2.45, 2.75) is 13.0 Å². The Morgan fingerprint density at radius 2 is 1.96 bits per heavy atom. The SMILES string of the molecule is CN=C(NCCc1ccc(Cl)nc1)NCc1cccnc1N1CCN(C)CC1. The van der Waals surface area contributed by atoms with Gasteiger partial charge in [-0.1, -0.05) is 23.7 Å². The molecule has 0 bridgehead atoms. The van der Waals surface area contributed by atoms with Gasteiger partial charge in [0.1, 0.15) is 11.0 Å². The fraction of sp³-hybridized carbons (Fsp3) is 0.450. The normalized spacial score (nSPS) is 15.5. The van der Waals surface area contributed by atoms with E-state index in [0.717, 1.165) is 56.5 Å². The minimum Gasteiger partial charge on any atom is -0.356 e. The third-order valence-corrected chi connectivity index (χ3v) is 5.06. The second-order valence-corrected chi connectivity index (χ2v) is 7.26. The van der Waals surface area contributed by atoms with E-state index in [1.165, 1.54) is 5.56 Å². The van der Waals surface area contributed by atoms with E-state index in [0.29, 0.717) is 11.7 Å². The Kier molecular flexibility index (Phi) is 7.45. The van der Waals surface area contributed by atoms with Crippen molar-refractivity contribution in [2.75, 3.05) is 51.7 Å². The summed E-state index contributed by atoms with van der Waals surface area (Å²) in [5, 5.41) is 7.26. The van der Waals surface area contributed by atoms with E-state index in [4.69, 9.17) is 11.6 Å². The maximum atomic E-state index is 5.83. The minimum absolute atomic E-state index is 0.516. The number of anilines is 1. The van der Waals surface area contributed by atoms with Gasteiger partial charge in [-0.2, -0.15) is 0 Å². The number of guanidine groups is 1. The highest BCUT2D eigenvalue weighted by atomic mass is 35.5. The summed E-state index contributed by atoms with van der Waals surface area (Å²) in [6, 6.07) is 7.91. The Bertz CT molecular complexity index is 770. The lowest BCUT2D eigenvalue weighted by molar-refractivity contribution is 0.312. The third kappa shape index (κ3) is 5.81. The van der Waals surface area contributed by atoms with Gasteiger partial charge in [-0.25, -0.2) is 9.97 Å². The van der Waals surface area contributed by atoms with Crippen molar-refractivity contribution in [2.24, 2.45) is 4.99 Å². The number of aromatic nitrogens is 2. The second-order valence-electron chi connectivity index (χ2n) is 6.87. The van der Waals surface area contributed by atoms with Crippen LogP contribution in [-0.2, 0) is 13.0 Å². The van der Waals surface area contributed by atoms with Crippen LogP contribution in [0.3, 0.4) is 0 Å². The van der Waals surface area contributed by atoms with Crippen molar-refractivity contribution in [3.63, 3.8) is 0 Å². The van der Waals surface area contributed by atoms with E-state index in [9.17, 15) is 0 Å². The molecule has 7 nitrogen and oxygen atoms in total. The number of rotatable bonds is 6. The topological polar surface area (TPSA) is 68.7 Å². The van der Waals surface area contributed by atoms with Gasteiger partial charge in [0.2, 0.25) is 0 Å². The zero-order valence-corrected chi connectivity index (χ0v) is 17.3. The molecule has 0 amide bonds. The summed E-state index contributed by atoms with van der Waals surface area (Å²) in [7, 11) is 3.94. The van der Waals surface area contributed by atoms with Gasteiger partial charge in [0.25, 0.3) is 0 Å². The minimum atomic E-state index is 0.516. The zero-order chi connectivity index (χ0) is 19.8. The van der Waals surface area contributed by atoms with Crippen LogP contribution in [0.1, 0.15) is 11.1 Å². The van der Waals surface area contributed by atoms with Crippen molar-refractivity contribution < 1.29 is 0 Å². The summed E-state index contributed by atoms with van der Waals surface area (Å²) in [6.07, 6.45) is 4.52. The number of nitrogens with one attached hydrogen (secondary N) is 2. The van der Waals surface area contributed by atoms with Crippen molar-refractivity contribution in [1.82, 2.24) is 25.5 Å². The maximum absolute atomic E-state index is 5.83. The maximum Gasteiger partial charge on any atom is 0.191 e. The molecule has 0 unspecified atom stereocenters. The summed E-state index contributed by atoms with van der Waals surface area (Å²) >= 11 is 5.83. The predicted molar refractivity (Wildman–Crippen MR) is 115 cm³/mol. The van der Waals surface area contributed by atoms with Crippen LogP contribution in [0.25, 0.3) is 0 Å². The molecule has 3 heterocycles. The molecule has 150 valence electrons. The average molecular weight is 402 g/mol. The summed E-state index contributed by atoms with van der Waals surface area (Å²) in [6.45, 7) is 5.57. The lowest BCUT2D eigenvalue weighted by atomic mass is 10.2. The first-order valence-electron chi connectivity index (χ1n) is 9.58. The molecule has 2 aromatic rings. The van der Waals surface area contributed by atoms with Crippen molar-refractivity contribution in [3.05, 3.63) is 52.9 Å². The van der Waals surface area contributed by atoms with Crippen LogP contribution in [-0.4, -0.2) is 67.6 Å². The van der Waals surface area contributed by atoms with Gasteiger partial charge in [-0.15, -0.1) is 0 Å². The second kappa shape index (κ2) is 10.2. The van der Waals surface area contributed by atoms with Crippen LogP contribution in [0, 0.1) is 0 Å². The highest BCUT2D eigenvalue weighted by Gasteiger charge is 2.17. The van der Waals surface area contributed by atoms with Crippen LogP contribution >= 0.6 is 11.6 Å². The fourth-order valence-corrected chi connectivity index (χ4v) is 3.26. The monoisotopic (exact) mass is 401 g/mol. The number of hydrogen-bond donors (Lipinski definition) is 2. The standard InChI is InChI=1S/C20H28ClN7/c1-22-20(24-9-7-16-5-6-18(21)25-14-16)26-15-17-4-3-8-23-19(17)28-12-10-27(2)11-13-28/h3-6,8,14H,7,9-13,15H2,1-2H3,(H2,22,24,26). The van der Waals surface area contributed by atoms with Crippen molar-refractivity contribution in [3.8, 4) is 0 Å². The Balaban J connectivity index is 1.51. The zero-order valence-electron chi connectivity index (χ0n) is 16.5. The van der Waals surface area contributed by atoms with Gasteiger partial charge in [-0.05, 0) is 31.2 Å². The Labute approximate surface area is 171 Å². The first kappa shape index (κ1) is 20.4. The first-order chi connectivity index (χ1) is 13.7. The molecule has 0 atom stereocenters. The summed E-state index contributed by atoms with van der Waals surface area (Å²) in [4.78, 5) is 17.8. The quantitative estimate of drug-likeness (QED) is 0.437. The van der Waals surface area contributed by atoms with Gasteiger partial charge in [0.05, 0.1) is 0 Å². The number of likely N-dealkylation sites (N-methyl/N-ethyl adjacent to an activating group) is 1. The molecule has 1 fully saturated rings. The molecular weight excluding hydrogens is 374 g/mol. The van der Waals surface area contributed by atoms with Crippen LogP contribution in [0.5, 0.6) is 0 Å². The summed E-state index contributed by atoms with van der Waals surface area (Å²) < 4.78 is 0. The molecule has 3 rings (SSSR count). The Hall–Kier alpha value is -2.38. The lowest BCUT2D eigenvalue weighted by Crippen LogP contribution is -2.45. The number of nitrogens with zero attached hydrogens (tertiary/aromatic N) is 5. The molecule has 0 saturated carbocycles. The number of pyridine rings is 2. The van der Waals surface area contributed by atoms with Crippen LogP contribution < -0.4 is 15.5 Å². The van der Waals surface area contributed by atoms with Crippen molar-refractivity contribution >= 4 is 23.4 Å². The van der Waals surface area contributed by atoms with E-state index >= 15 is 0 Å². The smallest absolute Gasteiger partial charge is 0.191 e. The molecule has 1 saturated heterocycles. The van der Waals surface area contributed by atoms with Gasteiger partial charge < -0.3 is 20.4 Å². The molecular formula is C20H28ClN7. The average Bonchev–Trinajstić information content (AvgIpc) is 2.73. The number of piperazine rings is 1. The summed E-state index contributed by atoms with van der Waals surface area (Å²) in [5.41, 5.74) is 2.31. The molecule has 2 aromatic heterocycles. The van der Waals surface area contributed by atoms with Gasteiger partial charge in [-0.3, -0.25) is 4.99 Å². The first-order valence-corrected chi connectivity index (χ1v) is 9.96. The van der Waals surface area contributed by atoms with E-state index in [1.807, 2.05) is 24.4 Å². The van der Waals surface area contributed by atoms with Gasteiger partial charge >= 0.3 is 0 Å². The third-order valence-electron chi connectivity index (χ3n) is 4.83. The molecule has 2 N–H and O–H groups in total. The number of hydrogen-bond acceptors (Lipinski definition) is 5. The van der Waals surface area contributed by atoms with E-state index in [1.54, 1.807) is 13.2 Å². The van der Waals surface area contributed by atoms with Gasteiger partial charge in [0, 0.05) is 64.3 Å². The molecule has 0 radical (unpaired) electrons. The predicted octanol–water partition coefficient (Wildman–Crippen LogP) is 1.79. The molecule has 8 heteroatoms. The number of aliphatic imine (C=N–C) groups is 1. The molecule has 1 aliphatic heterocycles. The molecule has 28 heavy (non-hydrogen) atoms. The Morgan fingerprint density at radius 3 is 2.68 bits per heavy atom. The van der Waals surface area contributed by atoms with E-state index in [2.05, 4.69) is 48.5 Å². The van der Waals surface area contributed by atoms with E-state index < -0.39 is 0 Å². The summed E-state index contributed by atoms with van der Waals surface area (Å²) in [5.74, 6) is 1.83. The highest BCUT2D eigenvalue weighted by molar-refractivity contribution is 6.29. The largest absolute Gasteiger partial charge is 0.356 e. The van der Waals surface area contributed by atoms with Gasteiger partial charge in [0.15, 0.2) is 5.96 Å². The van der Waals surface area contributed by atoms with Crippen LogP contribution in [0.2, 0.25) is 5.15 Å². The molecule has 0 spiro atoms. The number of halogens is 1. The highest BCUT2D eigenvalue weighted by Crippen LogP contribution is 2.18. The van der Waals surface area contributed by atoms with Crippen LogP contribution in [0.4, 0.5) is 5.82 Å². The van der Waals surface area contributed by atoms with Crippen LogP contribution in [0.15, 0.2) is 41.7 Å². The fourth-order valence-electron chi connectivity index (χ4n) is 3.15. The van der Waals surface area contributed by atoms with Crippen molar-refractivity contribution in [1.29, 1.82) is 0 Å². The molecule has 0 aromatic carbocycles. The molecule has 1 aliphatic rings. The van der Waals surface area contributed by atoms with E-state index in [-0.39, 0.29) is 0 Å². The Morgan fingerprint density at radius 1 is 1.14 bits per heavy atom.